The molecule has 1 aromatic heterocycles. The number of hydrogen-bond donors (Lipinski definition) is 1. The molecule has 0 bridgehead atoms. The van der Waals surface area contributed by atoms with E-state index in [0.29, 0.717) is 6.54 Å². The zero-order valence-electron chi connectivity index (χ0n) is 14.2. The zero-order valence-corrected chi connectivity index (χ0v) is 14.2. The van der Waals surface area contributed by atoms with E-state index in [1.807, 2.05) is 31.2 Å². The fraction of sp³-hybridized carbons (Fsp3) is 0.444. The van der Waals surface area contributed by atoms with Gasteiger partial charge in [-0.15, -0.1) is 0 Å². The number of nitrogens with zero attached hydrogens (tertiary/aromatic N) is 4. The largest absolute Gasteiger partial charge is 0.496 e. The van der Waals surface area contributed by atoms with Crippen molar-refractivity contribution in [1.82, 2.24) is 14.9 Å². The quantitative estimate of drug-likeness (QED) is 0.900. The van der Waals surface area contributed by atoms with Crippen LogP contribution in [0.4, 0.5) is 5.95 Å². The summed E-state index contributed by atoms with van der Waals surface area (Å²) < 4.78 is 5.38. The van der Waals surface area contributed by atoms with Crippen LogP contribution in [0.1, 0.15) is 17.2 Å². The molecule has 0 aliphatic carbocycles. The first-order valence-electron chi connectivity index (χ1n) is 8.24. The molecule has 3 rings (SSSR count). The monoisotopic (exact) mass is 328 g/mol. The maximum atomic E-state index is 10.6. The van der Waals surface area contributed by atoms with Crippen molar-refractivity contribution in [2.24, 2.45) is 0 Å². The molecule has 6 heteroatoms. The van der Waals surface area contributed by atoms with Crippen LogP contribution in [0, 0.1) is 6.92 Å². The number of aliphatic hydroxyl groups excluding tert-OH is 1. The highest BCUT2D eigenvalue weighted by atomic mass is 16.5. The van der Waals surface area contributed by atoms with E-state index in [2.05, 4.69) is 19.8 Å². The van der Waals surface area contributed by atoms with Crippen LogP contribution in [0.25, 0.3) is 0 Å². The molecule has 1 N–H and O–H groups in total. The van der Waals surface area contributed by atoms with Gasteiger partial charge in [0, 0.05) is 50.7 Å². The Kier molecular flexibility index (Phi) is 5.27. The molecule has 1 fully saturated rings. The van der Waals surface area contributed by atoms with Crippen LogP contribution in [-0.2, 0) is 0 Å². The SMILES string of the molecule is COc1ccc(C)cc1[C@@H](O)CN1CCN(c2ncccn2)CC1. The van der Waals surface area contributed by atoms with Crippen LogP contribution in [-0.4, -0.2) is 59.8 Å². The van der Waals surface area contributed by atoms with Gasteiger partial charge in [-0.05, 0) is 25.1 Å². The van der Waals surface area contributed by atoms with Gasteiger partial charge in [0.1, 0.15) is 5.75 Å². The molecule has 2 heterocycles. The summed E-state index contributed by atoms with van der Waals surface area (Å²) >= 11 is 0. The molecule has 6 nitrogen and oxygen atoms in total. The highest BCUT2D eigenvalue weighted by Gasteiger charge is 2.22. The molecular weight excluding hydrogens is 304 g/mol. The zero-order chi connectivity index (χ0) is 16.9. The Balaban J connectivity index is 1.59. The number of β-amino-alcohol motifs (C(OH)–C–C–N with tert-alkyl or cyclic N) is 1. The van der Waals surface area contributed by atoms with Gasteiger partial charge < -0.3 is 14.7 Å². The molecule has 24 heavy (non-hydrogen) atoms. The van der Waals surface area contributed by atoms with E-state index in [4.69, 9.17) is 4.74 Å². The molecule has 0 radical (unpaired) electrons. The summed E-state index contributed by atoms with van der Waals surface area (Å²) in [6.07, 6.45) is 2.98. The third-order valence-corrected chi connectivity index (χ3v) is 4.38. The van der Waals surface area contributed by atoms with Gasteiger partial charge in [-0.1, -0.05) is 11.6 Å². The number of benzene rings is 1. The smallest absolute Gasteiger partial charge is 0.225 e. The van der Waals surface area contributed by atoms with E-state index in [-0.39, 0.29) is 0 Å². The second kappa shape index (κ2) is 7.59. The van der Waals surface area contributed by atoms with Crippen LogP contribution >= 0.6 is 0 Å². The van der Waals surface area contributed by atoms with E-state index in [1.165, 1.54) is 0 Å². The molecule has 1 atom stereocenters. The van der Waals surface area contributed by atoms with Crippen LogP contribution in [0.5, 0.6) is 5.75 Å². The van der Waals surface area contributed by atoms with Crippen LogP contribution in [0.3, 0.4) is 0 Å². The normalized spacial score (nSPS) is 16.9. The van der Waals surface area contributed by atoms with Crippen LogP contribution < -0.4 is 9.64 Å². The highest BCUT2D eigenvalue weighted by Crippen LogP contribution is 2.27. The first-order chi connectivity index (χ1) is 11.7. The lowest BCUT2D eigenvalue weighted by atomic mass is 10.0. The minimum Gasteiger partial charge on any atom is -0.496 e. The Morgan fingerprint density at radius 3 is 2.54 bits per heavy atom. The predicted molar refractivity (Wildman–Crippen MR) is 93.4 cm³/mol. The van der Waals surface area contributed by atoms with Gasteiger partial charge in [-0.2, -0.15) is 0 Å². The van der Waals surface area contributed by atoms with E-state index in [0.717, 1.165) is 49.0 Å². The topological polar surface area (TPSA) is 61.7 Å². The summed E-state index contributed by atoms with van der Waals surface area (Å²) in [6.45, 7) is 6.11. The second-order valence-electron chi connectivity index (χ2n) is 6.10. The van der Waals surface area contributed by atoms with E-state index < -0.39 is 6.10 Å². The third kappa shape index (κ3) is 3.83. The van der Waals surface area contributed by atoms with E-state index in [9.17, 15) is 5.11 Å². The van der Waals surface area contributed by atoms with E-state index >= 15 is 0 Å². The number of aromatic nitrogens is 2. The highest BCUT2D eigenvalue weighted by molar-refractivity contribution is 5.38. The Hall–Kier alpha value is -2.18. The molecule has 1 aliphatic heterocycles. The summed E-state index contributed by atoms with van der Waals surface area (Å²) in [7, 11) is 1.64. The first-order valence-corrected chi connectivity index (χ1v) is 8.24. The van der Waals surface area contributed by atoms with Gasteiger partial charge in [0.2, 0.25) is 5.95 Å². The molecule has 0 saturated carbocycles. The van der Waals surface area contributed by atoms with Crippen molar-refractivity contribution in [3.05, 3.63) is 47.8 Å². The lowest BCUT2D eigenvalue weighted by Crippen LogP contribution is -2.48. The molecule has 1 aromatic carbocycles. The summed E-state index contributed by atoms with van der Waals surface area (Å²) in [5.41, 5.74) is 1.97. The predicted octanol–water partition coefficient (Wildman–Crippen LogP) is 1.65. The third-order valence-electron chi connectivity index (χ3n) is 4.38. The van der Waals surface area contributed by atoms with Crippen molar-refractivity contribution in [2.45, 2.75) is 13.0 Å². The standard InChI is InChI=1S/C18H24N4O2/c1-14-4-5-17(24-2)15(12-14)16(23)13-21-8-10-22(11-9-21)18-19-6-3-7-20-18/h3-7,12,16,23H,8-11,13H2,1-2H3/t16-/m0/s1. The number of ether oxygens (including phenoxy) is 1. The van der Waals surface area contributed by atoms with Gasteiger partial charge in [0.05, 0.1) is 13.2 Å². The fourth-order valence-corrected chi connectivity index (χ4v) is 3.04. The minimum absolute atomic E-state index is 0.556. The average Bonchev–Trinajstić information content (AvgIpc) is 2.63. The van der Waals surface area contributed by atoms with Gasteiger partial charge in [-0.25, -0.2) is 9.97 Å². The molecule has 128 valence electrons. The van der Waals surface area contributed by atoms with Crippen molar-refractivity contribution in [2.75, 3.05) is 44.7 Å². The number of methoxy groups -OCH3 is 1. The number of hydrogen-bond acceptors (Lipinski definition) is 6. The number of anilines is 1. The van der Waals surface area contributed by atoms with Gasteiger partial charge >= 0.3 is 0 Å². The summed E-state index contributed by atoms with van der Waals surface area (Å²) in [4.78, 5) is 13.0. The Morgan fingerprint density at radius 2 is 1.88 bits per heavy atom. The Bertz CT molecular complexity index is 657. The lowest BCUT2D eigenvalue weighted by molar-refractivity contribution is 0.107. The molecule has 0 unspecified atom stereocenters. The summed E-state index contributed by atoms with van der Waals surface area (Å²) in [5.74, 6) is 1.52. The van der Waals surface area contributed by atoms with Crippen molar-refractivity contribution < 1.29 is 9.84 Å². The summed E-state index contributed by atoms with van der Waals surface area (Å²) in [5, 5.41) is 10.6. The van der Waals surface area contributed by atoms with Gasteiger partial charge in [0.15, 0.2) is 0 Å². The van der Waals surface area contributed by atoms with Crippen LogP contribution in [0.2, 0.25) is 0 Å². The molecule has 2 aromatic rings. The maximum Gasteiger partial charge on any atom is 0.225 e. The number of piperazine rings is 1. The molecule has 1 saturated heterocycles. The summed E-state index contributed by atoms with van der Waals surface area (Å²) in [6, 6.07) is 7.73. The average molecular weight is 328 g/mol. The number of aliphatic hydroxyl groups is 1. The van der Waals surface area contributed by atoms with Crippen molar-refractivity contribution in [1.29, 1.82) is 0 Å². The van der Waals surface area contributed by atoms with Gasteiger partial charge in [-0.3, -0.25) is 4.90 Å². The lowest BCUT2D eigenvalue weighted by Gasteiger charge is -2.35. The maximum absolute atomic E-state index is 10.6. The van der Waals surface area contributed by atoms with Crippen LogP contribution in [0.15, 0.2) is 36.7 Å². The van der Waals surface area contributed by atoms with Crippen molar-refractivity contribution >= 4 is 5.95 Å². The molecular formula is C18H24N4O2. The van der Waals surface area contributed by atoms with Gasteiger partial charge in [0.25, 0.3) is 0 Å². The Labute approximate surface area is 142 Å². The fourth-order valence-electron chi connectivity index (χ4n) is 3.04. The van der Waals surface area contributed by atoms with E-state index in [1.54, 1.807) is 19.5 Å². The second-order valence-corrected chi connectivity index (χ2v) is 6.10. The molecule has 0 amide bonds. The molecule has 0 spiro atoms. The number of rotatable bonds is 5. The number of aryl methyl sites for hydroxylation is 1. The Morgan fingerprint density at radius 1 is 1.17 bits per heavy atom. The van der Waals surface area contributed by atoms with Crippen molar-refractivity contribution in [3.63, 3.8) is 0 Å². The molecule has 1 aliphatic rings. The minimum atomic E-state index is -0.556. The first kappa shape index (κ1) is 16.7. The van der Waals surface area contributed by atoms with Crippen molar-refractivity contribution in [3.8, 4) is 5.75 Å².